The second-order valence-electron chi connectivity index (χ2n) is 2.86. The maximum absolute atomic E-state index is 5.82. The average molecular weight is 265 g/mol. The molecule has 0 atom stereocenters. The fraction of sp³-hybridized carbons (Fsp3) is 0.467. The largest absolute Gasteiger partial charge is 0.481 e. The summed E-state index contributed by atoms with van der Waals surface area (Å²) in [6.45, 7) is 10.7. The summed E-state index contributed by atoms with van der Waals surface area (Å²) < 4.78 is 4.95. The summed E-state index contributed by atoms with van der Waals surface area (Å²) in [6, 6.07) is 3.63. The number of nitrogens with zero attached hydrogens (tertiary/aromatic N) is 2. The third-order valence-corrected chi connectivity index (χ3v) is 1.82. The van der Waals surface area contributed by atoms with Crippen molar-refractivity contribution in [2.24, 2.45) is 10.7 Å². The zero-order valence-electron chi connectivity index (χ0n) is 13.0. The Bertz CT molecular complexity index is 356. The Kier molecular flexibility index (Phi) is 14.6. The molecule has 1 aromatic rings. The molecule has 0 aromatic carbocycles. The summed E-state index contributed by atoms with van der Waals surface area (Å²) in [5, 5.41) is 0. The van der Waals surface area contributed by atoms with E-state index in [9.17, 15) is 0 Å². The smallest absolute Gasteiger partial charge is 0.212 e. The fourth-order valence-electron chi connectivity index (χ4n) is 1.01. The van der Waals surface area contributed by atoms with E-state index < -0.39 is 0 Å². The minimum Gasteiger partial charge on any atom is -0.481 e. The first kappa shape index (κ1) is 19.5. The van der Waals surface area contributed by atoms with E-state index in [4.69, 9.17) is 10.5 Å². The normalized spacial score (nSPS) is 10.1. The molecule has 4 heteroatoms. The predicted molar refractivity (Wildman–Crippen MR) is 84.7 cm³/mol. The molecule has 0 fully saturated rings. The quantitative estimate of drug-likeness (QED) is 0.847. The van der Waals surface area contributed by atoms with Gasteiger partial charge in [-0.05, 0) is 19.1 Å². The van der Waals surface area contributed by atoms with Crippen molar-refractivity contribution in [1.29, 1.82) is 0 Å². The molecule has 0 unspecified atom stereocenters. The molecule has 2 N–H and O–H groups in total. The van der Waals surface area contributed by atoms with E-state index in [0.717, 1.165) is 12.1 Å². The van der Waals surface area contributed by atoms with Crippen LogP contribution in [0.4, 0.5) is 0 Å². The van der Waals surface area contributed by atoms with Crippen LogP contribution in [0.1, 0.15) is 40.2 Å². The lowest BCUT2D eigenvalue weighted by Crippen LogP contribution is -1.98. The summed E-state index contributed by atoms with van der Waals surface area (Å²) in [4.78, 5) is 8.10. The number of methoxy groups -OCH3 is 1. The molecule has 0 bridgehead atoms. The van der Waals surface area contributed by atoms with E-state index in [0.29, 0.717) is 11.6 Å². The molecule has 0 saturated carbocycles. The number of nitrogens with two attached hydrogens (primary N) is 1. The summed E-state index contributed by atoms with van der Waals surface area (Å²) in [6.07, 6.45) is 5.12. The average Bonchev–Trinajstić information content (AvgIpc) is 2.51. The Labute approximate surface area is 117 Å². The minimum atomic E-state index is 0.578. The summed E-state index contributed by atoms with van der Waals surface area (Å²) in [7, 11) is 1.58. The molecule has 0 spiro atoms. The van der Waals surface area contributed by atoms with Crippen LogP contribution in [0.15, 0.2) is 29.4 Å². The van der Waals surface area contributed by atoms with Gasteiger partial charge in [-0.1, -0.05) is 27.7 Å². The lowest BCUT2D eigenvalue weighted by molar-refractivity contribution is 0.398. The van der Waals surface area contributed by atoms with Crippen LogP contribution in [-0.4, -0.2) is 24.9 Å². The molecule has 0 aliphatic rings. The molecule has 108 valence electrons. The SMILES string of the molecule is CC.CC.CCN=C/C=C(\N)c1ccc(OC)nc1. The van der Waals surface area contributed by atoms with Gasteiger partial charge in [0.1, 0.15) is 0 Å². The summed E-state index contributed by atoms with van der Waals surface area (Å²) in [5.41, 5.74) is 7.32. The first-order chi connectivity index (χ1) is 9.27. The minimum absolute atomic E-state index is 0.578. The van der Waals surface area contributed by atoms with Gasteiger partial charge >= 0.3 is 0 Å². The topological polar surface area (TPSA) is 60.5 Å². The molecule has 1 heterocycles. The van der Waals surface area contributed by atoms with Gasteiger partial charge in [-0.2, -0.15) is 0 Å². The number of pyridine rings is 1. The van der Waals surface area contributed by atoms with Crippen molar-refractivity contribution >= 4 is 11.9 Å². The first-order valence-corrected chi connectivity index (χ1v) is 6.74. The van der Waals surface area contributed by atoms with Crippen LogP contribution in [-0.2, 0) is 0 Å². The van der Waals surface area contributed by atoms with Crippen LogP contribution < -0.4 is 10.5 Å². The van der Waals surface area contributed by atoms with Crippen molar-refractivity contribution in [3.05, 3.63) is 30.0 Å². The highest BCUT2D eigenvalue weighted by Gasteiger charge is 1.96. The maximum Gasteiger partial charge on any atom is 0.212 e. The van der Waals surface area contributed by atoms with Gasteiger partial charge in [0, 0.05) is 36.3 Å². The van der Waals surface area contributed by atoms with Crippen molar-refractivity contribution in [3.63, 3.8) is 0 Å². The number of aromatic nitrogens is 1. The van der Waals surface area contributed by atoms with Gasteiger partial charge in [-0.25, -0.2) is 4.98 Å². The number of ether oxygens (including phenoxy) is 1. The number of hydrogen-bond acceptors (Lipinski definition) is 4. The zero-order valence-corrected chi connectivity index (χ0v) is 13.0. The van der Waals surface area contributed by atoms with Gasteiger partial charge in [0.15, 0.2) is 0 Å². The molecule has 1 rings (SSSR count). The molecule has 0 saturated heterocycles. The van der Waals surface area contributed by atoms with Gasteiger partial charge in [0.2, 0.25) is 5.88 Å². The van der Waals surface area contributed by atoms with Crippen LogP contribution in [0.5, 0.6) is 5.88 Å². The van der Waals surface area contributed by atoms with Crippen LogP contribution in [0, 0.1) is 0 Å². The highest BCUT2D eigenvalue weighted by Crippen LogP contribution is 2.11. The Hall–Kier alpha value is -1.84. The Morgan fingerprint density at radius 3 is 2.37 bits per heavy atom. The molecule has 0 amide bonds. The zero-order chi connectivity index (χ0) is 15.1. The molecule has 4 nitrogen and oxygen atoms in total. The van der Waals surface area contributed by atoms with E-state index in [1.807, 2.05) is 40.7 Å². The van der Waals surface area contributed by atoms with E-state index in [1.54, 1.807) is 31.7 Å². The van der Waals surface area contributed by atoms with Crippen molar-refractivity contribution in [2.45, 2.75) is 34.6 Å². The molecule has 0 radical (unpaired) electrons. The molecule has 0 aliphatic carbocycles. The lowest BCUT2D eigenvalue weighted by atomic mass is 10.2. The van der Waals surface area contributed by atoms with Crippen LogP contribution in [0.25, 0.3) is 5.70 Å². The maximum atomic E-state index is 5.82. The van der Waals surface area contributed by atoms with E-state index >= 15 is 0 Å². The number of rotatable bonds is 4. The Balaban J connectivity index is 0. The van der Waals surface area contributed by atoms with Crippen LogP contribution in [0.2, 0.25) is 0 Å². The van der Waals surface area contributed by atoms with Crippen LogP contribution in [0.3, 0.4) is 0 Å². The number of aliphatic imine (C=N–C) groups is 1. The van der Waals surface area contributed by atoms with Gasteiger partial charge in [-0.3, -0.25) is 4.99 Å². The molecule has 0 aliphatic heterocycles. The summed E-state index contributed by atoms with van der Waals surface area (Å²) in [5.74, 6) is 0.578. The number of allylic oxidation sites excluding steroid dienone is 1. The van der Waals surface area contributed by atoms with E-state index in [-0.39, 0.29) is 0 Å². The Morgan fingerprint density at radius 1 is 1.32 bits per heavy atom. The second-order valence-corrected chi connectivity index (χ2v) is 2.86. The molecule has 19 heavy (non-hydrogen) atoms. The van der Waals surface area contributed by atoms with Crippen molar-refractivity contribution in [3.8, 4) is 5.88 Å². The van der Waals surface area contributed by atoms with Gasteiger partial charge in [0.25, 0.3) is 0 Å². The Morgan fingerprint density at radius 2 is 1.95 bits per heavy atom. The predicted octanol–water partition coefficient (Wildman–Crippen LogP) is 3.53. The van der Waals surface area contributed by atoms with E-state index in [1.165, 1.54) is 0 Å². The molecule has 1 aromatic heterocycles. The third-order valence-electron chi connectivity index (χ3n) is 1.82. The van der Waals surface area contributed by atoms with Gasteiger partial charge < -0.3 is 10.5 Å². The highest BCUT2D eigenvalue weighted by molar-refractivity contribution is 5.83. The standard InChI is InChI=1S/C11H15N3O.2C2H6/c1-3-13-7-6-10(12)9-4-5-11(15-2)14-8-9;2*1-2/h4-8H,3,12H2,1-2H3;2*1-2H3/b10-6-,13-7?;;. The monoisotopic (exact) mass is 265 g/mol. The summed E-state index contributed by atoms with van der Waals surface area (Å²) >= 11 is 0. The molecular formula is C15H27N3O. The van der Waals surface area contributed by atoms with Crippen molar-refractivity contribution < 1.29 is 4.74 Å². The second kappa shape index (κ2) is 14.2. The van der Waals surface area contributed by atoms with Gasteiger partial charge in [0.05, 0.1) is 7.11 Å². The van der Waals surface area contributed by atoms with Crippen LogP contribution >= 0.6 is 0 Å². The fourth-order valence-corrected chi connectivity index (χ4v) is 1.01. The third kappa shape index (κ3) is 8.83. The first-order valence-electron chi connectivity index (χ1n) is 6.74. The van der Waals surface area contributed by atoms with Gasteiger partial charge in [-0.15, -0.1) is 0 Å². The van der Waals surface area contributed by atoms with Crippen molar-refractivity contribution in [1.82, 2.24) is 4.98 Å². The van der Waals surface area contributed by atoms with Crippen molar-refractivity contribution in [2.75, 3.05) is 13.7 Å². The van der Waals surface area contributed by atoms with E-state index in [2.05, 4.69) is 9.98 Å². The molecular weight excluding hydrogens is 238 g/mol. The number of hydrogen-bond donors (Lipinski definition) is 1. The highest BCUT2D eigenvalue weighted by atomic mass is 16.5. The lowest BCUT2D eigenvalue weighted by Gasteiger charge is -2.01.